The average molecular weight is 366 g/mol. The standard InChI is InChI=1S/C21H26N4O2/c1-2-3-12-22-20(26)19-23-18(17-10-6-7-13-24(17)19)21(27)25-14-11-15-8-4-5-9-16(15)25/h4-5,8-9H,2-3,6-7,10-14H2,1H3,(H,22,26). The fourth-order valence-electron chi connectivity index (χ4n) is 4.02. The number of nitrogens with one attached hydrogen (secondary N) is 1. The van der Waals surface area contributed by atoms with E-state index in [0.29, 0.717) is 24.6 Å². The van der Waals surface area contributed by atoms with E-state index in [9.17, 15) is 9.59 Å². The normalized spacial score (nSPS) is 15.4. The quantitative estimate of drug-likeness (QED) is 0.828. The van der Waals surface area contributed by atoms with Crippen LogP contribution in [-0.2, 0) is 19.4 Å². The van der Waals surface area contributed by atoms with E-state index >= 15 is 0 Å². The van der Waals surface area contributed by atoms with Gasteiger partial charge in [0.05, 0.1) is 5.69 Å². The number of rotatable bonds is 5. The number of para-hydroxylation sites is 1. The Balaban J connectivity index is 1.65. The van der Waals surface area contributed by atoms with Gasteiger partial charge in [0.25, 0.3) is 11.8 Å². The van der Waals surface area contributed by atoms with Gasteiger partial charge in [0.1, 0.15) is 0 Å². The second kappa shape index (κ2) is 7.55. The largest absolute Gasteiger partial charge is 0.349 e. The number of amides is 2. The Kier molecular flexibility index (Phi) is 4.97. The van der Waals surface area contributed by atoms with Crippen LogP contribution < -0.4 is 10.2 Å². The van der Waals surface area contributed by atoms with Gasteiger partial charge in [0.15, 0.2) is 11.5 Å². The van der Waals surface area contributed by atoms with Crippen molar-refractivity contribution in [1.82, 2.24) is 14.9 Å². The molecule has 0 radical (unpaired) electrons. The average Bonchev–Trinajstić information content (AvgIpc) is 3.30. The number of aromatic nitrogens is 2. The van der Waals surface area contributed by atoms with Crippen molar-refractivity contribution in [1.29, 1.82) is 0 Å². The van der Waals surface area contributed by atoms with Crippen LogP contribution in [0, 0.1) is 0 Å². The topological polar surface area (TPSA) is 67.2 Å². The summed E-state index contributed by atoms with van der Waals surface area (Å²) in [5.74, 6) is 0.127. The van der Waals surface area contributed by atoms with Crippen LogP contribution in [-0.4, -0.2) is 34.5 Å². The Morgan fingerprint density at radius 2 is 2.00 bits per heavy atom. The Hall–Kier alpha value is -2.63. The molecule has 2 aromatic rings. The minimum atomic E-state index is -0.174. The Morgan fingerprint density at radius 3 is 2.85 bits per heavy atom. The first-order valence-corrected chi connectivity index (χ1v) is 9.98. The molecule has 0 unspecified atom stereocenters. The van der Waals surface area contributed by atoms with Crippen molar-refractivity contribution in [2.45, 2.75) is 52.0 Å². The number of imidazole rings is 1. The fraction of sp³-hybridized carbons (Fsp3) is 0.476. The molecule has 6 heteroatoms. The molecule has 0 atom stereocenters. The smallest absolute Gasteiger partial charge is 0.287 e. The summed E-state index contributed by atoms with van der Waals surface area (Å²) in [4.78, 5) is 32.3. The summed E-state index contributed by atoms with van der Waals surface area (Å²) in [5, 5.41) is 2.94. The van der Waals surface area contributed by atoms with E-state index < -0.39 is 0 Å². The van der Waals surface area contributed by atoms with Crippen LogP contribution >= 0.6 is 0 Å². The van der Waals surface area contributed by atoms with Crippen molar-refractivity contribution in [3.8, 4) is 0 Å². The summed E-state index contributed by atoms with van der Waals surface area (Å²) in [6.45, 7) is 4.15. The van der Waals surface area contributed by atoms with E-state index in [0.717, 1.165) is 56.5 Å². The van der Waals surface area contributed by atoms with Crippen molar-refractivity contribution < 1.29 is 9.59 Å². The van der Waals surface area contributed by atoms with E-state index in [4.69, 9.17) is 0 Å². The fourth-order valence-corrected chi connectivity index (χ4v) is 4.02. The van der Waals surface area contributed by atoms with Gasteiger partial charge < -0.3 is 14.8 Å². The molecule has 0 saturated carbocycles. The Labute approximate surface area is 159 Å². The van der Waals surface area contributed by atoms with Gasteiger partial charge in [-0.25, -0.2) is 4.98 Å². The number of nitrogens with zero attached hydrogens (tertiary/aromatic N) is 3. The number of anilines is 1. The third-order valence-electron chi connectivity index (χ3n) is 5.47. The van der Waals surface area contributed by atoms with Gasteiger partial charge in [-0.05, 0) is 43.7 Å². The van der Waals surface area contributed by atoms with Crippen LogP contribution in [0.25, 0.3) is 0 Å². The van der Waals surface area contributed by atoms with E-state index in [-0.39, 0.29) is 11.8 Å². The molecular weight excluding hydrogens is 340 g/mol. The summed E-state index contributed by atoms with van der Waals surface area (Å²) in [7, 11) is 0. The van der Waals surface area contributed by atoms with Crippen LogP contribution in [0.1, 0.15) is 65.0 Å². The maximum atomic E-state index is 13.3. The maximum Gasteiger partial charge on any atom is 0.287 e. The van der Waals surface area contributed by atoms with E-state index in [1.807, 2.05) is 27.7 Å². The van der Waals surface area contributed by atoms with Gasteiger partial charge in [-0.3, -0.25) is 9.59 Å². The first kappa shape index (κ1) is 17.8. The SMILES string of the molecule is CCCCNC(=O)c1nc(C(=O)N2CCc3ccccc32)c2n1CCCC2. The number of unbranched alkanes of at least 4 members (excludes halogenated alkanes) is 1. The lowest BCUT2D eigenvalue weighted by atomic mass is 10.1. The summed E-state index contributed by atoms with van der Waals surface area (Å²) in [5.41, 5.74) is 3.52. The van der Waals surface area contributed by atoms with Crippen molar-refractivity contribution in [2.24, 2.45) is 0 Å². The molecule has 2 aliphatic rings. The number of carbonyl (C=O) groups is 2. The Morgan fingerprint density at radius 1 is 1.15 bits per heavy atom. The zero-order chi connectivity index (χ0) is 18.8. The minimum absolute atomic E-state index is 0.0850. The summed E-state index contributed by atoms with van der Waals surface area (Å²) in [6.07, 6.45) is 5.67. The highest BCUT2D eigenvalue weighted by Gasteiger charge is 2.32. The highest BCUT2D eigenvalue weighted by Crippen LogP contribution is 2.30. The van der Waals surface area contributed by atoms with Crippen LogP contribution in [0.5, 0.6) is 0 Å². The maximum absolute atomic E-state index is 13.3. The summed E-state index contributed by atoms with van der Waals surface area (Å²) >= 11 is 0. The van der Waals surface area contributed by atoms with E-state index in [1.165, 1.54) is 5.56 Å². The number of hydrogen-bond donors (Lipinski definition) is 1. The minimum Gasteiger partial charge on any atom is -0.349 e. The first-order valence-electron chi connectivity index (χ1n) is 9.98. The lowest BCUT2D eigenvalue weighted by molar-refractivity contribution is 0.0937. The highest BCUT2D eigenvalue weighted by molar-refractivity contribution is 6.07. The van der Waals surface area contributed by atoms with E-state index in [1.54, 1.807) is 0 Å². The lowest BCUT2D eigenvalue weighted by Crippen LogP contribution is -2.30. The molecule has 0 fully saturated rings. The van der Waals surface area contributed by atoms with Crippen LogP contribution in [0.2, 0.25) is 0 Å². The molecule has 0 bridgehead atoms. The molecule has 3 heterocycles. The molecule has 4 rings (SSSR count). The number of benzene rings is 1. The van der Waals surface area contributed by atoms with Crippen molar-refractivity contribution in [3.05, 3.63) is 47.0 Å². The second-order valence-electron chi connectivity index (χ2n) is 7.28. The van der Waals surface area contributed by atoms with Crippen LogP contribution in [0.4, 0.5) is 5.69 Å². The third-order valence-corrected chi connectivity index (χ3v) is 5.47. The lowest BCUT2D eigenvalue weighted by Gasteiger charge is -2.19. The summed E-state index contributed by atoms with van der Waals surface area (Å²) < 4.78 is 1.96. The number of hydrogen-bond acceptors (Lipinski definition) is 3. The highest BCUT2D eigenvalue weighted by atomic mass is 16.2. The molecule has 27 heavy (non-hydrogen) atoms. The van der Waals surface area contributed by atoms with Crippen molar-refractivity contribution in [3.63, 3.8) is 0 Å². The van der Waals surface area contributed by atoms with E-state index in [2.05, 4.69) is 23.3 Å². The molecule has 2 amide bonds. The molecule has 1 aromatic carbocycles. The van der Waals surface area contributed by atoms with Gasteiger partial charge >= 0.3 is 0 Å². The van der Waals surface area contributed by atoms with Crippen LogP contribution in [0.15, 0.2) is 24.3 Å². The number of fused-ring (bicyclic) bond motifs is 2. The van der Waals surface area contributed by atoms with Crippen LogP contribution in [0.3, 0.4) is 0 Å². The molecule has 1 aromatic heterocycles. The monoisotopic (exact) mass is 366 g/mol. The molecule has 1 N–H and O–H groups in total. The predicted molar refractivity (Wildman–Crippen MR) is 104 cm³/mol. The molecule has 0 spiro atoms. The third kappa shape index (κ3) is 3.24. The van der Waals surface area contributed by atoms with Gasteiger partial charge in [0.2, 0.25) is 0 Å². The molecular formula is C21H26N4O2. The molecule has 0 saturated heterocycles. The van der Waals surface area contributed by atoms with Gasteiger partial charge in [0, 0.05) is 25.3 Å². The van der Waals surface area contributed by atoms with Gasteiger partial charge in [-0.2, -0.15) is 0 Å². The molecule has 0 aliphatic carbocycles. The Bertz CT molecular complexity index is 871. The second-order valence-corrected chi connectivity index (χ2v) is 7.28. The van der Waals surface area contributed by atoms with Gasteiger partial charge in [-0.15, -0.1) is 0 Å². The molecule has 142 valence electrons. The zero-order valence-electron chi connectivity index (χ0n) is 15.8. The molecule has 2 aliphatic heterocycles. The van der Waals surface area contributed by atoms with Gasteiger partial charge in [-0.1, -0.05) is 31.5 Å². The molecule has 6 nitrogen and oxygen atoms in total. The zero-order valence-corrected chi connectivity index (χ0v) is 15.8. The summed E-state index contributed by atoms with van der Waals surface area (Å²) in [6, 6.07) is 8.02. The predicted octanol–water partition coefficient (Wildman–Crippen LogP) is 2.95. The van der Waals surface area contributed by atoms with Crippen molar-refractivity contribution >= 4 is 17.5 Å². The number of carbonyl (C=O) groups excluding carboxylic acids is 2. The van der Waals surface area contributed by atoms with Crippen molar-refractivity contribution in [2.75, 3.05) is 18.0 Å². The first-order chi connectivity index (χ1) is 13.2.